The SMILES string of the molecule is CN(C)CC(C)(O)CNC(=O)c1ccc([N+](=O)[O-])cc1F. The molecule has 1 rings (SSSR count). The monoisotopic (exact) mass is 299 g/mol. The van der Waals surface area contributed by atoms with Crippen LogP contribution in [0.2, 0.25) is 0 Å². The summed E-state index contributed by atoms with van der Waals surface area (Å²) in [4.78, 5) is 23.3. The number of hydrogen-bond donors (Lipinski definition) is 2. The summed E-state index contributed by atoms with van der Waals surface area (Å²) < 4.78 is 13.7. The van der Waals surface area contributed by atoms with E-state index in [1.165, 1.54) is 0 Å². The number of nitro groups is 1. The number of nitrogens with zero attached hydrogens (tertiary/aromatic N) is 2. The van der Waals surface area contributed by atoms with Crippen LogP contribution in [0, 0.1) is 15.9 Å². The van der Waals surface area contributed by atoms with Crippen LogP contribution in [0.4, 0.5) is 10.1 Å². The van der Waals surface area contributed by atoms with E-state index >= 15 is 0 Å². The largest absolute Gasteiger partial charge is 0.387 e. The first kappa shape index (κ1) is 17.0. The number of halogens is 1. The van der Waals surface area contributed by atoms with Gasteiger partial charge >= 0.3 is 0 Å². The van der Waals surface area contributed by atoms with E-state index < -0.39 is 27.9 Å². The average molecular weight is 299 g/mol. The average Bonchev–Trinajstić information content (AvgIpc) is 2.34. The lowest BCUT2D eigenvalue weighted by Crippen LogP contribution is -2.47. The minimum atomic E-state index is -1.17. The first-order chi connectivity index (χ1) is 9.62. The van der Waals surface area contributed by atoms with Crippen molar-refractivity contribution >= 4 is 11.6 Å². The van der Waals surface area contributed by atoms with E-state index in [2.05, 4.69) is 5.32 Å². The highest BCUT2D eigenvalue weighted by Crippen LogP contribution is 2.16. The second-order valence-corrected chi connectivity index (χ2v) is 5.34. The van der Waals surface area contributed by atoms with Crippen molar-refractivity contribution in [3.8, 4) is 0 Å². The molecule has 1 aromatic carbocycles. The Bertz CT molecular complexity index is 546. The number of nitrogens with one attached hydrogen (secondary N) is 1. The van der Waals surface area contributed by atoms with Gasteiger partial charge < -0.3 is 15.3 Å². The normalized spacial score (nSPS) is 13.8. The standard InChI is InChI=1S/C13H18FN3O4/c1-13(19,8-16(2)3)7-15-12(18)10-5-4-9(17(20)21)6-11(10)14/h4-6,19H,7-8H2,1-3H3,(H,15,18). The second-order valence-electron chi connectivity index (χ2n) is 5.34. The van der Waals surface area contributed by atoms with Crippen molar-refractivity contribution in [3.63, 3.8) is 0 Å². The fourth-order valence-corrected chi connectivity index (χ4v) is 1.90. The summed E-state index contributed by atoms with van der Waals surface area (Å²) in [6.07, 6.45) is 0. The van der Waals surface area contributed by atoms with Gasteiger partial charge in [0.15, 0.2) is 0 Å². The molecule has 1 aromatic rings. The Morgan fingerprint density at radius 1 is 1.52 bits per heavy atom. The van der Waals surface area contributed by atoms with E-state index in [9.17, 15) is 24.4 Å². The van der Waals surface area contributed by atoms with Crippen LogP contribution in [0.15, 0.2) is 18.2 Å². The summed E-state index contributed by atoms with van der Waals surface area (Å²) in [5.74, 6) is -1.71. The van der Waals surface area contributed by atoms with Crippen LogP contribution in [0.25, 0.3) is 0 Å². The summed E-state index contributed by atoms with van der Waals surface area (Å²) in [6, 6.07) is 2.78. The van der Waals surface area contributed by atoms with Crippen molar-refractivity contribution in [1.29, 1.82) is 0 Å². The minimum Gasteiger partial charge on any atom is -0.387 e. The highest BCUT2D eigenvalue weighted by Gasteiger charge is 2.23. The molecule has 1 amide bonds. The number of non-ortho nitro benzene ring substituents is 1. The molecule has 0 aliphatic heterocycles. The van der Waals surface area contributed by atoms with E-state index in [0.717, 1.165) is 12.1 Å². The highest BCUT2D eigenvalue weighted by atomic mass is 19.1. The molecular formula is C13H18FN3O4. The summed E-state index contributed by atoms with van der Waals surface area (Å²) in [5.41, 5.74) is -1.90. The highest BCUT2D eigenvalue weighted by molar-refractivity contribution is 5.94. The third kappa shape index (κ3) is 5.09. The number of benzene rings is 1. The number of rotatable bonds is 6. The van der Waals surface area contributed by atoms with Crippen molar-refractivity contribution in [2.45, 2.75) is 12.5 Å². The van der Waals surface area contributed by atoms with Gasteiger partial charge in [-0.05, 0) is 27.1 Å². The maximum absolute atomic E-state index is 13.7. The molecule has 8 heteroatoms. The Morgan fingerprint density at radius 2 is 2.14 bits per heavy atom. The zero-order valence-corrected chi connectivity index (χ0v) is 12.1. The molecule has 21 heavy (non-hydrogen) atoms. The van der Waals surface area contributed by atoms with Crippen LogP contribution in [0.1, 0.15) is 17.3 Å². The van der Waals surface area contributed by atoms with E-state index in [-0.39, 0.29) is 12.1 Å². The van der Waals surface area contributed by atoms with E-state index in [0.29, 0.717) is 12.6 Å². The smallest absolute Gasteiger partial charge is 0.272 e. The third-order valence-electron chi connectivity index (χ3n) is 2.69. The molecule has 0 fully saturated rings. The van der Waals surface area contributed by atoms with Crippen molar-refractivity contribution < 1.29 is 19.2 Å². The predicted molar refractivity (Wildman–Crippen MR) is 74.6 cm³/mol. The van der Waals surface area contributed by atoms with Crippen LogP contribution in [0.3, 0.4) is 0 Å². The van der Waals surface area contributed by atoms with Crippen LogP contribution in [-0.2, 0) is 0 Å². The van der Waals surface area contributed by atoms with Crippen molar-refractivity contribution in [2.24, 2.45) is 0 Å². The lowest BCUT2D eigenvalue weighted by Gasteiger charge is -2.27. The molecule has 0 aliphatic carbocycles. The van der Waals surface area contributed by atoms with Gasteiger partial charge in [-0.1, -0.05) is 0 Å². The number of carbonyl (C=O) groups is 1. The molecule has 0 bridgehead atoms. The lowest BCUT2D eigenvalue weighted by molar-refractivity contribution is -0.385. The van der Waals surface area contributed by atoms with Gasteiger partial charge in [0.25, 0.3) is 11.6 Å². The lowest BCUT2D eigenvalue weighted by atomic mass is 10.1. The number of aliphatic hydroxyl groups is 1. The molecule has 0 aromatic heterocycles. The number of hydrogen-bond acceptors (Lipinski definition) is 5. The van der Waals surface area contributed by atoms with Crippen LogP contribution < -0.4 is 5.32 Å². The Hall–Kier alpha value is -2.06. The Morgan fingerprint density at radius 3 is 2.62 bits per heavy atom. The summed E-state index contributed by atoms with van der Waals surface area (Å²) in [6.45, 7) is 1.79. The molecule has 7 nitrogen and oxygen atoms in total. The number of likely N-dealkylation sites (N-methyl/N-ethyl adjacent to an activating group) is 1. The Balaban J connectivity index is 2.74. The summed E-state index contributed by atoms with van der Waals surface area (Å²) >= 11 is 0. The van der Waals surface area contributed by atoms with Crippen LogP contribution in [0.5, 0.6) is 0 Å². The Labute approximate surface area is 121 Å². The fourth-order valence-electron chi connectivity index (χ4n) is 1.90. The second kappa shape index (κ2) is 6.59. The number of carbonyl (C=O) groups excluding carboxylic acids is 1. The molecular weight excluding hydrogens is 281 g/mol. The molecule has 1 unspecified atom stereocenters. The third-order valence-corrected chi connectivity index (χ3v) is 2.69. The first-order valence-electron chi connectivity index (χ1n) is 6.21. The molecule has 0 aliphatic rings. The van der Waals surface area contributed by atoms with E-state index in [1.807, 2.05) is 0 Å². The van der Waals surface area contributed by atoms with Crippen LogP contribution >= 0.6 is 0 Å². The molecule has 116 valence electrons. The first-order valence-corrected chi connectivity index (χ1v) is 6.21. The number of nitro benzene ring substituents is 1. The van der Waals surface area contributed by atoms with Gasteiger partial charge in [0.1, 0.15) is 5.82 Å². The van der Waals surface area contributed by atoms with E-state index in [1.54, 1.807) is 25.9 Å². The van der Waals surface area contributed by atoms with E-state index in [4.69, 9.17) is 0 Å². The van der Waals surface area contributed by atoms with Crippen molar-refractivity contribution in [3.05, 3.63) is 39.7 Å². The maximum Gasteiger partial charge on any atom is 0.272 e. The zero-order chi connectivity index (χ0) is 16.2. The number of amides is 1. The van der Waals surface area contributed by atoms with Gasteiger partial charge in [-0.15, -0.1) is 0 Å². The van der Waals surface area contributed by atoms with Gasteiger partial charge in [0, 0.05) is 19.2 Å². The molecule has 0 radical (unpaired) electrons. The maximum atomic E-state index is 13.7. The van der Waals surface area contributed by atoms with Gasteiger partial charge in [-0.25, -0.2) is 4.39 Å². The summed E-state index contributed by atoms with van der Waals surface area (Å²) in [5, 5.41) is 22.9. The van der Waals surface area contributed by atoms with Crippen LogP contribution in [-0.4, -0.2) is 53.6 Å². The fraction of sp³-hybridized carbons (Fsp3) is 0.462. The van der Waals surface area contributed by atoms with Gasteiger partial charge in [-0.3, -0.25) is 14.9 Å². The van der Waals surface area contributed by atoms with Gasteiger partial charge in [0.05, 0.1) is 22.2 Å². The predicted octanol–water partition coefficient (Wildman–Crippen LogP) is 0.776. The molecule has 0 saturated carbocycles. The van der Waals surface area contributed by atoms with Crippen molar-refractivity contribution in [2.75, 3.05) is 27.2 Å². The summed E-state index contributed by atoms with van der Waals surface area (Å²) in [7, 11) is 3.54. The topological polar surface area (TPSA) is 95.7 Å². The minimum absolute atomic E-state index is 0.0690. The molecule has 0 heterocycles. The quantitative estimate of drug-likeness (QED) is 0.597. The molecule has 0 spiro atoms. The molecule has 0 saturated heterocycles. The molecule has 2 N–H and O–H groups in total. The van der Waals surface area contributed by atoms with Crippen molar-refractivity contribution in [1.82, 2.24) is 10.2 Å². The zero-order valence-electron chi connectivity index (χ0n) is 12.1. The van der Waals surface area contributed by atoms with Gasteiger partial charge in [0.2, 0.25) is 0 Å². The van der Waals surface area contributed by atoms with Gasteiger partial charge in [-0.2, -0.15) is 0 Å². The molecule has 1 atom stereocenters. The Kier molecular flexibility index (Phi) is 5.34.